The molecule has 5 nitrogen and oxygen atoms in total. The highest BCUT2D eigenvalue weighted by atomic mass is 16.3. The molecule has 0 amide bonds. The average Bonchev–Trinajstić information content (AvgIpc) is 3.90. The lowest BCUT2D eigenvalue weighted by atomic mass is 9.95. The van der Waals surface area contributed by atoms with Crippen molar-refractivity contribution < 1.29 is 8.83 Å². The second-order valence-corrected chi connectivity index (χ2v) is 13.7. The molecule has 0 fully saturated rings. The second-order valence-electron chi connectivity index (χ2n) is 13.7. The van der Waals surface area contributed by atoms with Crippen LogP contribution in [0.1, 0.15) is 0 Å². The van der Waals surface area contributed by atoms with Crippen LogP contribution in [0.15, 0.2) is 173 Å². The molecule has 12 aromatic rings. The second kappa shape index (κ2) is 10.6. The smallest absolute Gasteiger partial charge is 0.235 e. The van der Waals surface area contributed by atoms with Crippen molar-refractivity contribution in [3.05, 3.63) is 164 Å². The third kappa shape index (κ3) is 3.96. The minimum Gasteiger partial charge on any atom is -0.455 e. The summed E-state index contributed by atoms with van der Waals surface area (Å²) in [5, 5.41) is 9.80. The number of hydrogen-bond donors (Lipinski definition) is 0. The lowest BCUT2D eigenvalue weighted by Crippen LogP contribution is -2.03. The zero-order valence-electron chi connectivity index (χ0n) is 28.2. The molecule has 8 aromatic carbocycles. The van der Waals surface area contributed by atoms with Crippen molar-refractivity contribution in [2.45, 2.75) is 0 Å². The molecule has 0 aliphatic rings. The van der Waals surface area contributed by atoms with Gasteiger partial charge in [-0.25, -0.2) is 9.97 Å². The summed E-state index contributed by atoms with van der Waals surface area (Å²) in [5.41, 5.74) is 10.2. The first kappa shape index (κ1) is 28.5. The van der Waals surface area contributed by atoms with Crippen molar-refractivity contribution in [2.24, 2.45) is 0 Å². The Morgan fingerprint density at radius 2 is 1.09 bits per heavy atom. The van der Waals surface area contributed by atoms with Crippen LogP contribution < -0.4 is 0 Å². The Morgan fingerprint density at radius 1 is 0.415 bits per heavy atom. The lowest BCUT2D eigenvalue weighted by molar-refractivity contribution is 0.669. The molecule has 0 bridgehead atoms. The molecule has 53 heavy (non-hydrogen) atoms. The molecule has 0 atom stereocenters. The quantitative estimate of drug-likeness (QED) is 0.187. The van der Waals surface area contributed by atoms with Gasteiger partial charge in [0.25, 0.3) is 0 Å². The number of benzene rings is 8. The Hall–Kier alpha value is -7.24. The lowest BCUT2D eigenvalue weighted by Gasteiger charge is -2.12. The fourth-order valence-corrected chi connectivity index (χ4v) is 8.51. The van der Waals surface area contributed by atoms with E-state index >= 15 is 0 Å². The topological polar surface area (TPSA) is 57.0 Å². The van der Waals surface area contributed by atoms with Crippen LogP contribution in [0.5, 0.6) is 0 Å². The summed E-state index contributed by atoms with van der Waals surface area (Å²) in [6, 6.07) is 57.0. The van der Waals surface area contributed by atoms with Crippen molar-refractivity contribution in [3.8, 4) is 28.3 Å². The highest BCUT2D eigenvalue weighted by Gasteiger charge is 2.24. The van der Waals surface area contributed by atoms with Gasteiger partial charge in [-0.3, -0.25) is 4.57 Å². The molecule has 5 heteroatoms. The molecule has 0 unspecified atom stereocenters. The fraction of sp³-hybridized carbons (Fsp3) is 0. The third-order valence-corrected chi connectivity index (χ3v) is 10.8. The molecule has 0 spiro atoms. The number of rotatable bonds is 3. The minimum absolute atomic E-state index is 0.570. The Kier molecular flexibility index (Phi) is 5.71. The zero-order valence-corrected chi connectivity index (χ0v) is 28.2. The number of nitrogens with zero attached hydrogens (tertiary/aromatic N) is 3. The van der Waals surface area contributed by atoms with Gasteiger partial charge in [0.15, 0.2) is 5.58 Å². The normalized spacial score (nSPS) is 12.2. The molecule has 0 radical (unpaired) electrons. The molecular weight excluding hydrogens is 651 g/mol. The highest BCUT2D eigenvalue weighted by Crippen LogP contribution is 2.45. The standard InChI is InChI=1S/C48H27N3O2/c1-2-13-28(14-3-1)38-27-42-43(32-18-5-4-15-29(32)38)36-26-25-33-30-16-7-10-23-40(30)51(45(33)47(36)53-42)48-49-39-22-9-6-19-35(39)44(50-48)37-21-12-20-34-31-17-8-11-24-41(31)52-46(34)37/h1-27H. The van der Waals surface area contributed by atoms with Crippen LogP contribution in [0, 0.1) is 0 Å². The Labute approximate surface area is 302 Å². The van der Waals surface area contributed by atoms with E-state index in [4.69, 9.17) is 18.8 Å². The first-order valence-electron chi connectivity index (χ1n) is 17.8. The number of hydrogen-bond acceptors (Lipinski definition) is 4. The minimum atomic E-state index is 0.570. The maximum Gasteiger partial charge on any atom is 0.235 e. The Balaban J connectivity index is 1.21. The molecule has 0 saturated heterocycles. The van der Waals surface area contributed by atoms with Crippen molar-refractivity contribution in [1.82, 2.24) is 14.5 Å². The van der Waals surface area contributed by atoms with Crippen molar-refractivity contribution in [2.75, 3.05) is 0 Å². The summed E-state index contributed by atoms with van der Waals surface area (Å²) in [5.74, 6) is 0.570. The molecule has 4 aromatic heterocycles. The van der Waals surface area contributed by atoms with E-state index in [9.17, 15) is 0 Å². The molecular formula is C48H27N3O2. The summed E-state index contributed by atoms with van der Waals surface area (Å²) in [6.45, 7) is 0. The fourth-order valence-electron chi connectivity index (χ4n) is 8.51. The van der Waals surface area contributed by atoms with Gasteiger partial charge in [-0.2, -0.15) is 0 Å². The van der Waals surface area contributed by atoms with Gasteiger partial charge in [0.1, 0.15) is 22.3 Å². The van der Waals surface area contributed by atoms with Gasteiger partial charge in [0.05, 0.1) is 16.7 Å². The van der Waals surface area contributed by atoms with Crippen LogP contribution in [0.3, 0.4) is 0 Å². The van der Waals surface area contributed by atoms with Crippen LogP contribution in [-0.2, 0) is 0 Å². The van der Waals surface area contributed by atoms with Crippen LogP contribution in [-0.4, -0.2) is 14.5 Å². The molecule has 0 N–H and O–H groups in total. The van der Waals surface area contributed by atoms with E-state index in [-0.39, 0.29) is 0 Å². The maximum atomic E-state index is 7.03. The first-order chi connectivity index (χ1) is 26.3. The van der Waals surface area contributed by atoms with E-state index in [1.165, 1.54) is 5.39 Å². The van der Waals surface area contributed by atoms with Gasteiger partial charge < -0.3 is 8.83 Å². The Morgan fingerprint density at radius 3 is 1.98 bits per heavy atom. The van der Waals surface area contributed by atoms with E-state index in [2.05, 4.69) is 144 Å². The molecule has 4 heterocycles. The monoisotopic (exact) mass is 677 g/mol. The number of para-hydroxylation sites is 4. The SMILES string of the molecule is c1ccc(-c2cc3oc4c(ccc5c6ccccc6n(-c6nc(-c7cccc8c7oc7ccccc78)c7ccccc7n6)c54)c3c3ccccc23)cc1. The van der Waals surface area contributed by atoms with Gasteiger partial charge in [-0.15, -0.1) is 0 Å². The third-order valence-electron chi connectivity index (χ3n) is 10.8. The van der Waals surface area contributed by atoms with Crippen molar-refractivity contribution in [3.63, 3.8) is 0 Å². The molecule has 246 valence electrons. The highest BCUT2D eigenvalue weighted by molar-refractivity contribution is 6.27. The zero-order chi connectivity index (χ0) is 34.6. The average molecular weight is 678 g/mol. The Bertz CT molecular complexity index is 3460. The number of aromatic nitrogens is 3. The van der Waals surface area contributed by atoms with E-state index in [0.717, 1.165) is 104 Å². The first-order valence-corrected chi connectivity index (χ1v) is 17.8. The van der Waals surface area contributed by atoms with Crippen molar-refractivity contribution in [1.29, 1.82) is 0 Å². The predicted octanol–water partition coefficient (Wildman–Crippen LogP) is 13.0. The number of fused-ring (bicyclic) bond motifs is 13. The predicted molar refractivity (Wildman–Crippen MR) is 217 cm³/mol. The summed E-state index contributed by atoms with van der Waals surface area (Å²) in [7, 11) is 0. The molecule has 0 aliphatic carbocycles. The van der Waals surface area contributed by atoms with Crippen molar-refractivity contribution >= 4 is 87.4 Å². The summed E-state index contributed by atoms with van der Waals surface area (Å²) < 4.78 is 15.8. The largest absolute Gasteiger partial charge is 0.455 e. The molecule has 0 aliphatic heterocycles. The number of furan rings is 2. The van der Waals surface area contributed by atoms with Crippen LogP contribution in [0.2, 0.25) is 0 Å². The van der Waals surface area contributed by atoms with E-state index in [0.29, 0.717) is 5.95 Å². The van der Waals surface area contributed by atoms with Crippen LogP contribution >= 0.6 is 0 Å². The van der Waals surface area contributed by atoms with E-state index in [1.54, 1.807) is 0 Å². The van der Waals surface area contributed by atoms with E-state index < -0.39 is 0 Å². The van der Waals surface area contributed by atoms with Crippen LogP contribution in [0.4, 0.5) is 0 Å². The van der Waals surface area contributed by atoms with Gasteiger partial charge in [-0.1, -0.05) is 127 Å². The van der Waals surface area contributed by atoms with Gasteiger partial charge >= 0.3 is 0 Å². The summed E-state index contributed by atoms with van der Waals surface area (Å²) >= 11 is 0. The molecule has 12 rings (SSSR count). The summed E-state index contributed by atoms with van der Waals surface area (Å²) in [6.07, 6.45) is 0. The summed E-state index contributed by atoms with van der Waals surface area (Å²) in [4.78, 5) is 10.7. The maximum absolute atomic E-state index is 7.03. The van der Waals surface area contributed by atoms with E-state index in [1.807, 2.05) is 24.3 Å². The van der Waals surface area contributed by atoms with Gasteiger partial charge in [-0.05, 0) is 58.3 Å². The van der Waals surface area contributed by atoms with Crippen LogP contribution in [0.25, 0.3) is 116 Å². The molecule has 0 saturated carbocycles. The van der Waals surface area contributed by atoms with Gasteiger partial charge in [0.2, 0.25) is 5.95 Å². The van der Waals surface area contributed by atoms with Gasteiger partial charge in [0, 0.05) is 43.3 Å².